The maximum absolute atomic E-state index is 12.4. The average molecular weight is 323 g/mol. The van der Waals surface area contributed by atoms with E-state index in [1.165, 1.54) is 16.5 Å². The van der Waals surface area contributed by atoms with E-state index >= 15 is 0 Å². The normalized spacial score (nSPS) is 18.0. The fourth-order valence-electron chi connectivity index (χ4n) is 3.14. The maximum Gasteiger partial charge on any atom is 0.234 e. The van der Waals surface area contributed by atoms with Crippen molar-refractivity contribution in [1.82, 2.24) is 14.5 Å². The van der Waals surface area contributed by atoms with Crippen LogP contribution < -0.4 is 0 Å². The molecule has 3 aromatic rings. The number of rotatable bonds is 3. The fourth-order valence-corrected chi connectivity index (χ4v) is 4.35. The Morgan fingerprint density at radius 3 is 2.96 bits per heavy atom. The van der Waals surface area contributed by atoms with E-state index in [0.717, 1.165) is 5.56 Å². The van der Waals surface area contributed by atoms with E-state index in [9.17, 15) is 4.79 Å². The largest absolute Gasteiger partial charge is 0.350 e. The average Bonchev–Trinajstić information content (AvgIpc) is 3.10. The van der Waals surface area contributed by atoms with Crippen molar-refractivity contribution in [3.05, 3.63) is 66.1 Å². The van der Waals surface area contributed by atoms with Crippen LogP contribution in [0.25, 0.3) is 10.9 Å². The van der Waals surface area contributed by atoms with Crippen LogP contribution in [0.3, 0.4) is 0 Å². The summed E-state index contributed by atoms with van der Waals surface area (Å²) in [5.41, 5.74) is 3.47. The molecular formula is C18H17N3OS. The van der Waals surface area contributed by atoms with Gasteiger partial charge < -0.3 is 9.47 Å². The summed E-state index contributed by atoms with van der Waals surface area (Å²) in [6.07, 6.45) is 5.74. The minimum atomic E-state index is 0.0637. The molecule has 0 aliphatic carbocycles. The van der Waals surface area contributed by atoms with Crippen molar-refractivity contribution in [1.29, 1.82) is 0 Å². The molecule has 1 saturated heterocycles. The molecule has 0 spiro atoms. The van der Waals surface area contributed by atoms with Gasteiger partial charge in [0.15, 0.2) is 0 Å². The van der Waals surface area contributed by atoms with Crippen LogP contribution in [0.15, 0.2) is 55.0 Å². The summed E-state index contributed by atoms with van der Waals surface area (Å²) in [5.74, 6) is 0.727. The van der Waals surface area contributed by atoms with E-state index in [1.54, 1.807) is 18.0 Å². The lowest BCUT2D eigenvalue weighted by Gasteiger charge is -2.23. The molecular weight excluding hydrogens is 306 g/mol. The zero-order chi connectivity index (χ0) is 15.8. The van der Waals surface area contributed by atoms with Crippen LogP contribution >= 0.6 is 11.8 Å². The second-order valence-electron chi connectivity index (χ2n) is 5.76. The molecule has 4 nitrogen and oxygen atoms in total. The molecule has 1 atom stereocenters. The van der Waals surface area contributed by atoms with E-state index < -0.39 is 0 Å². The van der Waals surface area contributed by atoms with Gasteiger partial charge in [-0.1, -0.05) is 24.3 Å². The molecule has 1 unspecified atom stereocenters. The van der Waals surface area contributed by atoms with Crippen LogP contribution in [-0.2, 0) is 18.4 Å². The van der Waals surface area contributed by atoms with E-state index in [4.69, 9.17) is 0 Å². The lowest BCUT2D eigenvalue weighted by Crippen LogP contribution is -2.27. The first-order valence-electron chi connectivity index (χ1n) is 7.58. The number of carbonyl (C=O) groups excluding carboxylic acids is 1. The van der Waals surface area contributed by atoms with Gasteiger partial charge in [-0.3, -0.25) is 9.78 Å². The Labute approximate surface area is 139 Å². The summed E-state index contributed by atoms with van der Waals surface area (Å²) in [5, 5.41) is 1.28. The van der Waals surface area contributed by atoms with Crippen LogP contribution in [0.4, 0.5) is 0 Å². The Kier molecular flexibility index (Phi) is 3.58. The summed E-state index contributed by atoms with van der Waals surface area (Å²) < 4.78 is 2.14. The highest BCUT2D eigenvalue weighted by Crippen LogP contribution is 2.42. The van der Waals surface area contributed by atoms with Crippen LogP contribution in [0.1, 0.15) is 16.5 Å². The number of carbonyl (C=O) groups is 1. The Morgan fingerprint density at radius 2 is 2.13 bits per heavy atom. The lowest BCUT2D eigenvalue weighted by atomic mass is 10.1. The van der Waals surface area contributed by atoms with Crippen molar-refractivity contribution in [2.45, 2.75) is 11.9 Å². The molecule has 1 amide bonds. The SMILES string of the molecule is Cn1cc(C2SCC(=O)N2Cc2cccnc2)c2ccccc21. The van der Waals surface area contributed by atoms with Crippen molar-refractivity contribution in [3.8, 4) is 0 Å². The van der Waals surface area contributed by atoms with Crippen LogP contribution in [0, 0.1) is 0 Å². The molecule has 1 aliphatic heterocycles. The standard InChI is InChI=1S/C18H17N3OS/c1-20-11-15(14-6-2-3-7-16(14)20)18-21(17(22)12-23-18)10-13-5-4-8-19-9-13/h2-9,11,18H,10,12H2,1H3. The molecule has 1 aliphatic rings. The highest BCUT2D eigenvalue weighted by Gasteiger charge is 2.34. The number of hydrogen-bond acceptors (Lipinski definition) is 3. The van der Waals surface area contributed by atoms with Gasteiger partial charge in [0, 0.05) is 48.6 Å². The predicted molar refractivity (Wildman–Crippen MR) is 92.9 cm³/mol. The number of aromatic nitrogens is 2. The molecule has 0 N–H and O–H groups in total. The number of para-hydroxylation sites is 1. The predicted octanol–water partition coefficient (Wildman–Crippen LogP) is 3.35. The first kappa shape index (κ1) is 14.3. The highest BCUT2D eigenvalue weighted by atomic mass is 32.2. The number of amides is 1. The topological polar surface area (TPSA) is 38.1 Å². The number of hydrogen-bond donors (Lipinski definition) is 0. The maximum atomic E-state index is 12.4. The quantitative estimate of drug-likeness (QED) is 0.742. The first-order chi connectivity index (χ1) is 11.2. The lowest BCUT2D eigenvalue weighted by molar-refractivity contribution is -0.128. The summed E-state index contributed by atoms with van der Waals surface area (Å²) in [6, 6.07) is 12.3. The molecule has 1 fully saturated rings. The van der Waals surface area contributed by atoms with Crippen molar-refractivity contribution in [2.24, 2.45) is 7.05 Å². The van der Waals surface area contributed by atoms with Crippen LogP contribution in [-0.4, -0.2) is 26.1 Å². The minimum Gasteiger partial charge on any atom is -0.350 e. The third-order valence-electron chi connectivity index (χ3n) is 4.24. The minimum absolute atomic E-state index is 0.0637. The number of nitrogens with zero attached hydrogens (tertiary/aromatic N) is 3. The van der Waals surface area contributed by atoms with Crippen LogP contribution in [0.2, 0.25) is 0 Å². The van der Waals surface area contributed by atoms with E-state index in [-0.39, 0.29) is 11.3 Å². The number of aryl methyl sites for hydroxylation is 1. The van der Waals surface area contributed by atoms with Gasteiger partial charge in [-0.15, -0.1) is 11.8 Å². The van der Waals surface area contributed by atoms with Gasteiger partial charge >= 0.3 is 0 Å². The molecule has 0 saturated carbocycles. The molecule has 5 heteroatoms. The summed E-state index contributed by atoms with van der Waals surface area (Å²) in [4.78, 5) is 18.5. The van der Waals surface area contributed by atoms with Crippen molar-refractivity contribution in [2.75, 3.05) is 5.75 Å². The second kappa shape index (κ2) is 5.74. The van der Waals surface area contributed by atoms with Gasteiger partial charge in [0.05, 0.1) is 5.75 Å². The van der Waals surface area contributed by atoms with Gasteiger partial charge in [-0.2, -0.15) is 0 Å². The second-order valence-corrected chi connectivity index (χ2v) is 6.83. The van der Waals surface area contributed by atoms with Gasteiger partial charge in [0.2, 0.25) is 5.91 Å². The summed E-state index contributed by atoms with van der Waals surface area (Å²) in [7, 11) is 2.05. The molecule has 0 bridgehead atoms. The summed E-state index contributed by atoms with van der Waals surface area (Å²) >= 11 is 1.70. The monoisotopic (exact) mass is 323 g/mol. The Balaban J connectivity index is 1.73. The zero-order valence-corrected chi connectivity index (χ0v) is 13.7. The van der Waals surface area contributed by atoms with Gasteiger partial charge in [-0.25, -0.2) is 0 Å². The van der Waals surface area contributed by atoms with E-state index in [1.807, 2.05) is 29.3 Å². The van der Waals surface area contributed by atoms with Crippen molar-refractivity contribution >= 4 is 28.6 Å². The number of thioether (sulfide) groups is 1. The number of benzene rings is 1. The molecule has 2 aromatic heterocycles. The number of pyridine rings is 1. The molecule has 3 heterocycles. The van der Waals surface area contributed by atoms with Crippen molar-refractivity contribution < 1.29 is 4.79 Å². The first-order valence-corrected chi connectivity index (χ1v) is 8.63. The fraction of sp³-hybridized carbons (Fsp3) is 0.222. The molecule has 1 aromatic carbocycles. The molecule has 4 rings (SSSR count). The van der Waals surface area contributed by atoms with Crippen molar-refractivity contribution in [3.63, 3.8) is 0 Å². The molecule has 116 valence electrons. The van der Waals surface area contributed by atoms with E-state index in [2.05, 4.69) is 41.0 Å². The molecule has 0 radical (unpaired) electrons. The van der Waals surface area contributed by atoms with Crippen LogP contribution in [0.5, 0.6) is 0 Å². The van der Waals surface area contributed by atoms with Gasteiger partial charge in [-0.05, 0) is 17.7 Å². The highest BCUT2D eigenvalue weighted by molar-refractivity contribution is 8.00. The third kappa shape index (κ3) is 2.51. The van der Waals surface area contributed by atoms with Gasteiger partial charge in [0.1, 0.15) is 5.37 Å². The van der Waals surface area contributed by atoms with E-state index in [0.29, 0.717) is 12.3 Å². The Morgan fingerprint density at radius 1 is 1.26 bits per heavy atom. The zero-order valence-electron chi connectivity index (χ0n) is 12.8. The molecule has 23 heavy (non-hydrogen) atoms. The Hall–Kier alpha value is -2.27. The smallest absolute Gasteiger partial charge is 0.234 e. The van der Waals surface area contributed by atoms with Gasteiger partial charge in [0.25, 0.3) is 0 Å². The Bertz CT molecular complexity index is 859. The summed E-state index contributed by atoms with van der Waals surface area (Å²) in [6.45, 7) is 0.605. The number of fused-ring (bicyclic) bond motifs is 1. The third-order valence-corrected chi connectivity index (χ3v) is 5.48.